The van der Waals surface area contributed by atoms with Crippen LogP contribution >= 0.6 is 15.9 Å². The zero-order valence-electron chi connectivity index (χ0n) is 11.8. The van der Waals surface area contributed by atoms with Crippen molar-refractivity contribution in [1.82, 2.24) is 0 Å². The normalized spacial score (nSPS) is 11.8. The summed E-state index contributed by atoms with van der Waals surface area (Å²) >= 11 is 3.36. The summed E-state index contributed by atoms with van der Waals surface area (Å²) in [5, 5.41) is 9.17. The van der Waals surface area contributed by atoms with Crippen LogP contribution in [0.5, 0.6) is 11.5 Å². The van der Waals surface area contributed by atoms with Gasteiger partial charge in [-0.05, 0) is 47.0 Å². The van der Waals surface area contributed by atoms with Gasteiger partial charge in [-0.15, -0.1) is 0 Å². The summed E-state index contributed by atoms with van der Waals surface area (Å²) in [6, 6.07) is 3.38. The molecule has 0 aliphatic heterocycles. The van der Waals surface area contributed by atoms with E-state index in [0.717, 1.165) is 0 Å². The molecular formula is C14H19BrO5. The predicted octanol–water partition coefficient (Wildman–Crippen LogP) is 2.67. The number of halogens is 1. The molecule has 1 N–H and O–H groups in total. The molecule has 1 aromatic rings. The molecule has 0 spiro atoms. The monoisotopic (exact) mass is 346 g/mol. The lowest BCUT2D eigenvalue weighted by atomic mass is 10.2. The highest BCUT2D eigenvalue weighted by Gasteiger charge is 2.23. The van der Waals surface area contributed by atoms with Crippen molar-refractivity contribution >= 4 is 21.9 Å². The van der Waals surface area contributed by atoms with Crippen molar-refractivity contribution in [3.8, 4) is 11.5 Å². The van der Waals surface area contributed by atoms with Gasteiger partial charge in [-0.25, -0.2) is 4.79 Å². The molecule has 1 aromatic carbocycles. The molecule has 1 unspecified atom stereocenters. The molecule has 0 heterocycles. The largest absolute Gasteiger partial charge is 0.493 e. The fourth-order valence-electron chi connectivity index (χ4n) is 1.65. The number of carbonyl (C=O) groups is 1. The standard InChI is InChI=1S/C14H19BrO5/c1-4-11(14(17)19-5-2)20-13-10(15)6-9(8-16)7-12(13)18-3/h6-7,11,16H,4-5,8H2,1-3H3. The molecule has 5 nitrogen and oxygen atoms in total. The van der Waals surface area contributed by atoms with Gasteiger partial charge in [-0.3, -0.25) is 0 Å². The fourth-order valence-corrected chi connectivity index (χ4v) is 2.24. The van der Waals surface area contributed by atoms with E-state index < -0.39 is 12.1 Å². The first-order valence-electron chi connectivity index (χ1n) is 6.37. The second-order valence-electron chi connectivity index (χ2n) is 4.03. The fraction of sp³-hybridized carbons (Fsp3) is 0.500. The minimum atomic E-state index is -0.694. The molecule has 0 aliphatic rings. The molecular weight excluding hydrogens is 328 g/mol. The highest BCUT2D eigenvalue weighted by Crippen LogP contribution is 2.37. The van der Waals surface area contributed by atoms with E-state index >= 15 is 0 Å². The van der Waals surface area contributed by atoms with Crippen LogP contribution in [0.3, 0.4) is 0 Å². The Hall–Kier alpha value is -1.27. The van der Waals surface area contributed by atoms with Crippen LogP contribution in [0.4, 0.5) is 0 Å². The molecule has 1 rings (SSSR count). The number of hydrogen-bond acceptors (Lipinski definition) is 5. The number of benzene rings is 1. The number of ether oxygens (including phenoxy) is 3. The quantitative estimate of drug-likeness (QED) is 0.769. The summed E-state index contributed by atoms with van der Waals surface area (Å²) < 4.78 is 16.5. The number of aliphatic hydroxyl groups is 1. The molecule has 0 radical (unpaired) electrons. The van der Waals surface area contributed by atoms with E-state index in [2.05, 4.69) is 15.9 Å². The number of carbonyl (C=O) groups excluding carboxylic acids is 1. The van der Waals surface area contributed by atoms with Gasteiger partial charge >= 0.3 is 5.97 Å². The zero-order valence-corrected chi connectivity index (χ0v) is 13.4. The van der Waals surface area contributed by atoms with Crippen molar-refractivity contribution in [2.75, 3.05) is 13.7 Å². The van der Waals surface area contributed by atoms with E-state index in [9.17, 15) is 4.79 Å². The maximum Gasteiger partial charge on any atom is 0.347 e. The molecule has 6 heteroatoms. The third kappa shape index (κ3) is 4.11. The highest BCUT2D eigenvalue weighted by molar-refractivity contribution is 9.10. The third-order valence-electron chi connectivity index (χ3n) is 2.65. The smallest absolute Gasteiger partial charge is 0.347 e. The highest BCUT2D eigenvalue weighted by atomic mass is 79.9. The minimum Gasteiger partial charge on any atom is -0.493 e. The first-order valence-corrected chi connectivity index (χ1v) is 7.17. The number of methoxy groups -OCH3 is 1. The second kappa shape index (κ2) is 8.11. The van der Waals surface area contributed by atoms with Gasteiger partial charge in [0.15, 0.2) is 17.6 Å². The van der Waals surface area contributed by atoms with E-state index in [1.54, 1.807) is 19.1 Å². The van der Waals surface area contributed by atoms with Crippen LogP contribution in [0.25, 0.3) is 0 Å². The van der Waals surface area contributed by atoms with Gasteiger partial charge in [-0.2, -0.15) is 0 Å². The van der Waals surface area contributed by atoms with Crippen LogP contribution in [0.15, 0.2) is 16.6 Å². The Morgan fingerprint density at radius 2 is 2.10 bits per heavy atom. The van der Waals surface area contributed by atoms with E-state index in [0.29, 0.717) is 34.6 Å². The van der Waals surface area contributed by atoms with Crippen molar-refractivity contribution in [3.63, 3.8) is 0 Å². The van der Waals surface area contributed by atoms with Gasteiger partial charge in [0.25, 0.3) is 0 Å². The van der Waals surface area contributed by atoms with Crippen LogP contribution in [0.1, 0.15) is 25.8 Å². The molecule has 20 heavy (non-hydrogen) atoms. The van der Waals surface area contributed by atoms with Gasteiger partial charge in [0, 0.05) is 0 Å². The van der Waals surface area contributed by atoms with E-state index in [1.807, 2.05) is 6.92 Å². The van der Waals surface area contributed by atoms with Gasteiger partial charge in [0.2, 0.25) is 0 Å². The van der Waals surface area contributed by atoms with Crippen LogP contribution in [0.2, 0.25) is 0 Å². The summed E-state index contributed by atoms with van der Waals surface area (Å²) in [6.07, 6.45) is -0.212. The van der Waals surface area contributed by atoms with Crippen LogP contribution < -0.4 is 9.47 Å². The Balaban J connectivity index is 3.03. The summed E-state index contributed by atoms with van der Waals surface area (Å²) in [4.78, 5) is 11.8. The van der Waals surface area contributed by atoms with Gasteiger partial charge < -0.3 is 19.3 Å². The first kappa shape index (κ1) is 16.8. The zero-order chi connectivity index (χ0) is 15.1. The topological polar surface area (TPSA) is 65.0 Å². The lowest BCUT2D eigenvalue weighted by Gasteiger charge is -2.19. The average molecular weight is 347 g/mol. The molecule has 0 amide bonds. The van der Waals surface area contributed by atoms with Gasteiger partial charge in [-0.1, -0.05) is 6.92 Å². The number of aliphatic hydroxyl groups excluding tert-OH is 1. The van der Waals surface area contributed by atoms with Gasteiger partial charge in [0.05, 0.1) is 24.8 Å². The summed E-state index contributed by atoms with van der Waals surface area (Å²) in [5.74, 6) is 0.464. The Morgan fingerprint density at radius 3 is 2.60 bits per heavy atom. The Morgan fingerprint density at radius 1 is 1.40 bits per heavy atom. The lowest BCUT2D eigenvalue weighted by molar-refractivity contribution is -0.151. The van der Waals surface area contributed by atoms with E-state index in [-0.39, 0.29) is 6.61 Å². The van der Waals surface area contributed by atoms with Crippen molar-refractivity contribution in [2.45, 2.75) is 33.0 Å². The molecule has 0 aliphatic carbocycles. The Kier molecular flexibility index (Phi) is 6.81. The molecule has 0 aromatic heterocycles. The maximum absolute atomic E-state index is 11.8. The molecule has 0 saturated heterocycles. The molecule has 0 fully saturated rings. The summed E-state index contributed by atoms with van der Waals surface area (Å²) in [7, 11) is 1.50. The van der Waals surface area contributed by atoms with E-state index in [4.69, 9.17) is 19.3 Å². The van der Waals surface area contributed by atoms with Gasteiger partial charge in [0.1, 0.15) is 0 Å². The first-order chi connectivity index (χ1) is 9.57. The van der Waals surface area contributed by atoms with Crippen LogP contribution in [-0.4, -0.2) is 30.9 Å². The number of hydrogen-bond donors (Lipinski definition) is 1. The summed E-state index contributed by atoms with van der Waals surface area (Å²) in [5.41, 5.74) is 0.685. The average Bonchev–Trinajstić information content (AvgIpc) is 2.45. The molecule has 112 valence electrons. The third-order valence-corrected chi connectivity index (χ3v) is 3.24. The predicted molar refractivity (Wildman–Crippen MR) is 78.0 cm³/mol. The van der Waals surface area contributed by atoms with E-state index in [1.165, 1.54) is 7.11 Å². The summed E-state index contributed by atoms with van der Waals surface area (Å²) in [6.45, 7) is 3.78. The second-order valence-corrected chi connectivity index (χ2v) is 4.89. The number of esters is 1. The van der Waals surface area contributed by atoms with Crippen molar-refractivity contribution in [1.29, 1.82) is 0 Å². The SMILES string of the molecule is CCOC(=O)C(CC)Oc1c(Br)cc(CO)cc1OC. The molecule has 0 bridgehead atoms. The minimum absolute atomic E-state index is 0.107. The Bertz CT molecular complexity index is 461. The van der Waals surface area contributed by atoms with Crippen molar-refractivity contribution in [2.24, 2.45) is 0 Å². The van der Waals surface area contributed by atoms with Crippen LogP contribution in [-0.2, 0) is 16.1 Å². The number of rotatable bonds is 7. The van der Waals surface area contributed by atoms with Crippen LogP contribution in [0, 0.1) is 0 Å². The molecule has 0 saturated carbocycles. The van der Waals surface area contributed by atoms with Crippen molar-refractivity contribution in [3.05, 3.63) is 22.2 Å². The molecule has 1 atom stereocenters. The van der Waals surface area contributed by atoms with Crippen molar-refractivity contribution < 1.29 is 24.1 Å². The lowest BCUT2D eigenvalue weighted by Crippen LogP contribution is -2.29. The Labute approximate surface area is 127 Å². The maximum atomic E-state index is 11.8.